The highest BCUT2D eigenvalue weighted by Gasteiger charge is 2.13. The Balaban J connectivity index is 2.09. The van der Waals surface area contributed by atoms with Gasteiger partial charge in [0, 0.05) is 6.08 Å². The molecule has 0 aliphatic carbocycles. The Hall–Kier alpha value is -3.15. The molecule has 2 rings (SSSR count). The van der Waals surface area contributed by atoms with Gasteiger partial charge in [-0.15, -0.1) is 0 Å². The molecular formula is C19H17FO5. The molecule has 0 spiro atoms. The minimum atomic E-state index is -0.591. The van der Waals surface area contributed by atoms with Crippen molar-refractivity contribution in [3.05, 3.63) is 65.5 Å². The number of halogens is 1. The summed E-state index contributed by atoms with van der Waals surface area (Å²) in [6.45, 7) is -0.325. The van der Waals surface area contributed by atoms with Gasteiger partial charge in [0.25, 0.3) is 0 Å². The van der Waals surface area contributed by atoms with Gasteiger partial charge in [-0.25, -0.2) is 9.18 Å². The van der Waals surface area contributed by atoms with E-state index < -0.39 is 17.6 Å². The lowest BCUT2D eigenvalue weighted by atomic mass is 10.1. The highest BCUT2D eigenvalue weighted by atomic mass is 19.1. The summed E-state index contributed by atoms with van der Waals surface area (Å²) in [5.41, 5.74) is 0.661. The van der Waals surface area contributed by atoms with E-state index in [-0.39, 0.29) is 12.2 Å². The van der Waals surface area contributed by atoms with Crippen LogP contribution < -0.4 is 9.47 Å². The number of methoxy groups -OCH3 is 2. The summed E-state index contributed by atoms with van der Waals surface area (Å²) in [7, 11) is 2.74. The maximum Gasteiger partial charge on any atom is 0.330 e. The standard InChI is InChI=1S/C19H17FO5/c1-23-18-11-13(8-10-19(22)24-2)7-9-17(18)25-12-16(21)14-5-3-4-6-15(14)20/h3-11H,12H2,1-2H3. The molecule has 0 aliphatic heterocycles. The van der Waals surface area contributed by atoms with Gasteiger partial charge in [0.15, 0.2) is 18.1 Å². The zero-order valence-electron chi connectivity index (χ0n) is 13.8. The van der Waals surface area contributed by atoms with Gasteiger partial charge in [-0.2, -0.15) is 0 Å². The van der Waals surface area contributed by atoms with E-state index in [1.165, 1.54) is 38.5 Å². The lowest BCUT2D eigenvalue weighted by molar-refractivity contribution is -0.134. The number of rotatable bonds is 7. The fourth-order valence-corrected chi connectivity index (χ4v) is 2.05. The minimum Gasteiger partial charge on any atom is -0.493 e. The van der Waals surface area contributed by atoms with Crippen LogP contribution in [0.5, 0.6) is 11.5 Å². The Bertz CT molecular complexity index is 798. The van der Waals surface area contributed by atoms with Gasteiger partial charge in [0.2, 0.25) is 5.78 Å². The van der Waals surface area contributed by atoms with Crippen molar-refractivity contribution in [3.8, 4) is 11.5 Å². The molecule has 25 heavy (non-hydrogen) atoms. The SMILES string of the molecule is COC(=O)C=Cc1ccc(OCC(=O)c2ccccc2F)c(OC)c1. The molecule has 0 saturated carbocycles. The summed E-state index contributed by atoms with van der Waals surface area (Å²) in [5, 5.41) is 0. The van der Waals surface area contributed by atoms with Crippen molar-refractivity contribution in [2.45, 2.75) is 0 Å². The number of esters is 1. The van der Waals surface area contributed by atoms with Crippen LogP contribution >= 0.6 is 0 Å². The van der Waals surface area contributed by atoms with Crippen LogP contribution in [-0.2, 0) is 9.53 Å². The summed E-state index contributed by atoms with van der Waals surface area (Å²) >= 11 is 0. The zero-order valence-corrected chi connectivity index (χ0v) is 13.8. The number of ether oxygens (including phenoxy) is 3. The predicted molar refractivity (Wildman–Crippen MR) is 90.3 cm³/mol. The second-order valence-corrected chi connectivity index (χ2v) is 4.96. The summed E-state index contributed by atoms with van der Waals surface area (Å²) in [6.07, 6.45) is 2.83. The molecule has 0 aliphatic rings. The highest BCUT2D eigenvalue weighted by Crippen LogP contribution is 2.28. The number of hydrogen-bond donors (Lipinski definition) is 0. The third kappa shape index (κ3) is 4.91. The van der Waals surface area contributed by atoms with Crippen LogP contribution in [0.2, 0.25) is 0 Å². The Morgan fingerprint density at radius 1 is 1.08 bits per heavy atom. The first-order valence-corrected chi connectivity index (χ1v) is 7.39. The molecule has 0 saturated heterocycles. The summed E-state index contributed by atoms with van der Waals surface area (Å²) in [6, 6.07) is 10.6. The van der Waals surface area contributed by atoms with E-state index in [1.54, 1.807) is 30.3 Å². The average molecular weight is 344 g/mol. The van der Waals surface area contributed by atoms with Crippen molar-refractivity contribution in [2.24, 2.45) is 0 Å². The topological polar surface area (TPSA) is 61.8 Å². The number of hydrogen-bond acceptors (Lipinski definition) is 5. The maximum absolute atomic E-state index is 13.6. The van der Waals surface area contributed by atoms with E-state index in [4.69, 9.17) is 9.47 Å². The second-order valence-electron chi connectivity index (χ2n) is 4.96. The largest absolute Gasteiger partial charge is 0.493 e. The lowest BCUT2D eigenvalue weighted by Crippen LogP contribution is -2.13. The fraction of sp³-hybridized carbons (Fsp3) is 0.158. The molecule has 5 nitrogen and oxygen atoms in total. The maximum atomic E-state index is 13.6. The molecular weight excluding hydrogens is 327 g/mol. The average Bonchev–Trinajstić information content (AvgIpc) is 2.64. The Labute approximate surface area is 144 Å². The van der Waals surface area contributed by atoms with Crippen LogP contribution in [0.1, 0.15) is 15.9 Å². The lowest BCUT2D eigenvalue weighted by Gasteiger charge is -2.11. The molecule has 0 heterocycles. The molecule has 0 amide bonds. The number of carbonyl (C=O) groups excluding carboxylic acids is 2. The van der Waals surface area contributed by atoms with Crippen LogP contribution in [0.4, 0.5) is 4.39 Å². The molecule has 6 heteroatoms. The van der Waals surface area contributed by atoms with Crippen molar-refractivity contribution >= 4 is 17.8 Å². The van der Waals surface area contributed by atoms with Crippen molar-refractivity contribution in [2.75, 3.05) is 20.8 Å². The minimum absolute atomic E-state index is 0.0286. The highest BCUT2D eigenvalue weighted by molar-refractivity contribution is 5.97. The van der Waals surface area contributed by atoms with Crippen LogP contribution in [0, 0.1) is 5.82 Å². The smallest absolute Gasteiger partial charge is 0.330 e. The molecule has 0 fully saturated rings. The first-order valence-electron chi connectivity index (χ1n) is 7.39. The van der Waals surface area contributed by atoms with Gasteiger partial charge in [-0.3, -0.25) is 4.79 Å². The van der Waals surface area contributed by atoms with Gasteiger partial charge >= 0.3 is 5.97 Å². The molecule has 0 N–H and O–H groups in total. The molecule has 0 radical (unpaired) electrons. The number of benzene rings is 2. The number of carbonyl (C=O) groups is 2. The third-order valence-corrected chi connectivity index (χ3v) is 3.33. The monoisotopic (exact) mass is 344 g/mol. The Kier molecular flexibility index (Phi) is 6.28. The van der Waals surface area contributed by atoms with E-state index in [0.29, 0.717) is 17.1 Å². The van der Waals surface area contributed by atoms with E-state index in [9.17, 15) is 14.0 Å². The fourth-order valence-electron chi connectivity index (χ4n) is 2.05. The van der Waals surface area contributed by atoms with Crippen molar-refractivity contribution in [1.29, 1.82) is 0 Å². The Morgan fingerprint density at radius 3 is 2.52 bits per heavy atom. The van der Waals surface area contributed by atoms with E-state index in [1.807, 2.05) is 0 Å². The number of Topliss-reactive ketones (excluding diaryl/α,β-unsaturated/α-hetero) is 1. The van der Waals surface area contributed by atoms with E-state index in [2.05, 4.69) is 4.74 Å². The van der Waals surface area contributed by atoms with Crippen molar-refractivity contribution < 1.29 is 28.2 Å². The van der Waals surface area contributed by atoms with Gasteiger partial charge in [0.05, 0.1) is 19.8 Å². The van der Waals surface area contributed by atoms with E-state index >= 15 is 0 Å². The molecule has 2 aromatic carbocycles. The Morgan fingerprint density at radius 2 is 1.84 bits per heavy atom. The van der Waals surface area contributed by atoms with Crippen LogP contribution in [-0.4, -0.2) is 32.6 Å². The summed E-state index contributed by atoms with van der Waals surface area (Å²) in [4.78, 5) is 23.2. The van der Waals surface area contributed by atoms with Gasteiger partial charge < -0.3 is 14.2 Å². The predicted octanol–water partition coefficient (Wildman–Crippen LogP) is 3.28. The van der Waals surface area contributed by atoms with Crippen LogP contribution in [0.3, 0.4) is 0 Å². The van der Waals surface area contributed by atoms with Crippen LogP contribution in [0.25, 0.3) is 6.08 Å². The van der Waals surface area contributed by atoms with Crippen LogP contribution in [0.15, 0.2) is 48.5 Å². The molecule has 0 atom stereocenters. The van der Waals surface area contributed by atoms with Crippen molar-refractivity contribution in [3.63, 3.8) is 0 Å². The molecule has 0 unspecified atom stereocenters. The first kappa shape index (κ1) is 18.2. The zero-order chi connectivity index (χ0) is 18.2. The van der Waals surface area contributed by atoms with Gasteiger partial charge in [-0.1, -0.05) is 18.2 Å². The molecule has 2 aromatic rings. The molecule has 0 aromatic heterocycles. The van der Waals surface area contributed by atoms with E-state index in [0.717, 1.165) is 0 Å². The second kappa shape index (κ2) is 8.63. The third-order valence-electron chi connectivity index (χ3n) is 3.33. The quantitative estimate of drug-likeness (QED) is 0.438. The first-order chi connectivity index (χ1) is 12.0. The molecule has 0 bridgehead atoms. The normalized spacial score (nSPS) is 10.5. The summed E-state index contributed by atoms with van der Waals surface area (Å²) in [5.74, 6) is -0.827. The van der Waals surface area contributed by atoms with Crippen molar-refractivity contribution in [1.82, 2.24) is 0 Å². The number of ketones is 1. The van der Waals surface area contributed by atoms with Gasteiger partial charge in [-0.05, 0) is 35.9 Å². The summed E-state index contributed by atoms with van der Waals surface area (Å²) < 4.78 is 28.8. The molecule has 130 valence electrons. The van der Waals surface area contributed by atoms with Gasteiger partial charge in [0.1, 0.15) is 5.82 Å².